The third-order valence-corrected chi connectivity index (χ3v) is 3.51. The Hall–Kier alpha value is -2.39. The zero-order valence-corrected chi connectivity index (χ0v) is 12.0. The fourth-order valence-electron chi connectivity index (χ4n) is 2.12. The molecule has 1 amide bonds. The maximum absolute atomic E-state index is 12.2. The molecule has 0 fully saturated rings. The van der Waals surface area contributed by atoms with Crippen molar-refractivity contribution >= 4 is 28.4 Å². The molecule has 104 valence electrons. The van der Waals surface area contributed by atoms with E-state index >= 15 is 0 Å². The Morgan fingerprint density at radius 1 is 1.05 bits per heavy atom. The van der Waals surface area contributed by atoms with Crippen molar-refractivity contribution in [3.63, 3.8) is 0 Å². The van der Waals surface area contributed by atoms with Crippen LogP contribution in [0, 0.1) is 0 Å². The minimum Gasteiger partial charge on any atom is -0.347 e. The molecule has 0 saturated heterocycles. The van der Waals surface area contributed by atoms with Gasteiger partial charge in [0.2, 0.25) is 0 Å². The predicted octanol–water partition coefficient (Wildman–Crippen LogP) is 3.82. The average molecular weight is 297 g/mol. The van der Waals surface area contributed by atoms with Crippen molar-refractivity contribution in [2.45, 2.75) is 6.54 Å². The second-order valence-electron chi connectivity index (χ2n) is 4.67. The molecule has 1 heterocycles. The average Bonchev–Trinajstić information content (AvgIpc) is 2.53. The standard InChI is InChI=1S/C17H13ClN2O/c18-14-10-16(20-15-9-5-4-8-13(14)15)17(21)19-11-12-6-2-1-3-7-12/h1-10H,11H2,(H,19,21). The van der Waals surface area contributed by atoms with Crippen LogP contribution in [0.1, 0.15) is 16.1 Å². The Morgan fingerprint density at radius 2 is 1.76 bits per heavy atom. The summed E-state index contributed by atoms with van der Waals surface area (Å²) in [5.41, 5.74) is 2.09. The van der Waals surface area contributed by atoms with E-state index in [1.165, 1.54) is 0 Å². The van der Waals surface area contributed by atoms with Crippen LogP contribution in [0.25, 0.3) is 10.9 Å². The number of halogens is 1. The van der Waals surface area contributed by atoms with Gasteiger partial charge in [0.05, 0.1) is 10.5 Å². The van der Waals surface area contributed by atoms with E-state index in [0.29, 0.717) is 17.3 Å². The number of benzene rings is 2. The number of pyridine rings is 1. The maximum atomic E-state index is 12.2. The van der Waals surface area contributed by atoms with Crippen LogP contribution in [0.3, 0.4) is 0 Å². The van der Waals surface area contributed by atoms with Gasteiger partial charge in [-0.15, -0.1) is 0 Å². The fraction of sp³-hybridized carbons (Fsp3) is 0.0588. The number of nitrogens with zero attached hydrogens (tertiary/aromatic N) is 1. The van der Waals surface area contributed by atoms with Crippen molar-refractivity contribution in [1.29, 1.82) is 0 Å². The molecule has 0 atom stereocenters. The first-order valence-electron chi connectivity index (χ1n) is 6.61. The lowest BCUT2D eigenvalue weighted by Gasteiger charge is -2.07. The number of carbonyl (C=O) groups excluding carboxylic acids is 1. The van der Waals surface area contributed by atoms with Gasteiger partial charge in [-0.3, -0.25) is 4.79 Å². The first-order chi connectivity index (χ1) is 10.2. The Bertz CT molecular complexity index is 787. The van der Waals surface area contributed by atoms with Gasteiger partial charge in [-0.1, -0.05) is 60.1 Å². The second kappa shape index (κ2) is 5.94. The zero-order valence-electron chi connectivity index (χ0n) is 11.2. The summed E-state index contributed by atoms with van der Waals surface area (Å²) in [5, 5.41) is 4.23. The third kappa shape index (κ3) is 3.03. The van der Waals surface area contributed by atoms with Crippen LogP contribution < -0.4 is 5.32 Å². The Kier molecular flexibility index (Phi) is 3.84. The van der Waals surface area contributed by atoms with Crippen molar-refractivity contribution < 1.29 is 4.79 Å². The first kappa shape index (κ1) is 13.6. The van der Waals surface area contributed by atoms with Crippen LogP contribution in [-0.2, 0) is 6.54 Å². The van der Waals surface area contributed by atoms with E-state index in [4.69, 9.17) is 11.6 Å². The van der Waals surface area contributed by atoms with E-state index in [-0.39, 0.29) is 5.91 Å². The van der Waals surface area contributed by atoms with E-state index in [1.807, 2.05) is 54.6 Å². The van der Waals surface area contributed by atoms with Crippen molar-refractivity contribution in [3.8, 4) is 0 Å². The molecule has 0 aliphatic rings. The highest BCUT2D eigenvalue weighted by Gasteiger charge is 2.10. The number of fused-ring (bicyclic) bond motifs is 1. The number of rotatable bonds is 3. The summed E-state index contributed by atoms with van der Waals surface area (Å²) in [6.07, 6.45) is 0. The largest absolute Gasteiger partial charge is 0.347 e. The Morgan fingerprint density at radius 3 is 2.57 bits per heavy atom. The molecular formula is C17H13ClN2O. The molecule has 0 saturated carbocycles. The van der Waals surface area contributed by atoms with Gasteiger partial charge in [-0.25, -0.2) is 4.98 Å². The summed E-state index contributed by atoms with van der Waals surface area (Å²) in [4.78, 5) is 16.5. The van der Waals surface area contributed by atoms with Crippen molar-refractivity contribution in [2.24, 2.45) is 0 Å². The maximum Gasteiger partial charge on any atom is 0.270 e. The van der Waals surface area contributed by atoms with Crippen LogP contribution in [0.2, 0.25) is 5.02 Å². The number of hydrogen-bond donors (Lipinski definition) is 1. The van der Waals surface area contributed by atoms with Crippen LogP contribution in [0.4, 0.5) is 0 Å². The first-order valence-corrected chi connectivity index (χ1v) is 6.99. The highest BCUT2D eigenvalue weighted by Crippen LogP contribution is 2.22. The van der Waals surface area contributed by atoms with E-state index in [9.17, 15) is 4.79 Å². The number of amides is 1. The van der Waals surface area contributed by atoms with E-state index in [0.717, 1.165) is 16.5 Å². The predicted molar refractivity (Wildman–Crippen MR) is 84.4 cm³/mol. The van der Waals surface area contributed by atoms with Gasteiger partial charge in [0.15, 0.2) is 0 Å². The van der Waals surface area contributed by atoms with Crippen LogP contribution >= 0.6 is 11.6 Å². The summed E-state index contributed by atoms with van der Waals surface area (Å²) < 4.78 is 0. The van der Waals surface area contributed by atoms with E-state index in [1.54, 1.807) is 6.07 Å². The number of hydrogen-bond acceptors (Lipinski definition) is 2. The third-order valence-electron chi connectivity index (χ3n) is 3.19. The summed E-state index contributed by atoms with van der Waals surface area (Å²) in [6, 6.07) is 18.8. The fourth-order valence-corrected chi connectivity index (χ4v) is 2.38. The van der Waals surface area contributed by atoms with Crippen molar-refractivity contribution in [3.05, 3.63) is 76.9 Å². The molecule has 0 bridgehead atoms. The van der Waals surface area contributed by atoms with Gasteiger partial charge in [-0.05, 0) is 17.7 Å². The van der Waals surface area contributed by atoms with Gasteiger partial charge in [0.1, 0.15) is 5.69 Å². The van der Waals surface area contributed by atoms with Gasteiger partial charge < -0.3 is 5.32 Å². The molecule has 1 N–H and O–H groups in total. The Balaban J connectivity index is 1.81. The minimum atomic E-state index is -0.230. The van der Waals surface area contributed by atoms with Gasteiger partial charge in [0.25, 0.3) is 5.91 Å². The smallest absolute Gasteiger partial charge is 0.270 e. The molecule has 0 unspecified atom stereocenters. The summed E-state index contributed by atoms with van der Waals surface area (Å²) in [6.45, 7) is 0.464. The molecule has 0 spiro atoms. The van der Waals surface area contributed by atoms with E-state index < -0.39 is 0 Å². The van der Waals surface area contributed by atoms with Gasteiger partial charge in [0, 0.05) is 11.9 Å². The number of carbonyl (C=O) groups is 1. The highest BCUT2D eigenvalue weighted by molar-refractivity contribution is 6.35. The molecule has 3 rings (SSSR count). The van der Waals surface area contributed by atoms with Crippen molar-refractivity contribution in [2.75, 3.05) is 0 Å². The summed E-state index contributed by atoms with van der Waals surface area (Å²) in [7, 11) is 0. The molecule has 0 aliphatic carbocycles. The number of para-hydroxylation sites is 1. The molecule has 0 radical (unpaired) electrons. The molecule has 1 aromatic heterocycles. The molecule has 3 aromatic rings. The highest BCUT2D eigenvalue weighted by atomic mass is 35.5. The lowest BCUT2D eigenvalue weighted by molar-refractivity contribution is 0.0946. The van der Waals surface area contributed by atoms with Crippen LogP contribution in [-0.4, -0.2) is 10.9 Å². The summed E-state index contributed by atoms with van der Waals surface area (Å²) in [5.74, 6) is -0.230. The number of aromatic nitrogens is 1. The lowest BCUT2D eigenvalue weighted by atomic mass is 10.2. The topological polar surface area (TPSA) is 42.0 Å². The zero-order chi connectivity index (χ0) is 14.7. The van der Waals surface area contributed by atoms with Gasteiger partial charge >= 0.3 is 0 Å². The monoisotopic (exact) mass is 296 g/mol. The second-order valence-corrected chi connectivity index (χ2v) is 5.08. The molecule has 2 aromatic carbocycles. The Labute approximate surface area is 127 Å². The van der Waals surface area contributed by atoms with Gasteiger partial charge in [-0.2, -0.15) is 0 Å². The molecule has 3 nitrogen and oxygen atoms in total. The van der Waals surface area contributed by atoms with Crippen molar-refractivity contribution in [1.82, 2.24) is 10.3 Å². The lowest BCUT2D eigenvalue weighted by Crippen LogP contribution is -2.23. The minimum absolute atomic E-state index is 0.230. The van der Waals surface area contributed by atoms with Crippen LogP contribution in [0.15, 0.2) is 60.7 Å². The quantitative estimate of drug-likeness (QED) is 0.798. The van der Waals surface area contributed by atoms with Crippen LogP contribution in [0.5, 0.6) is 0 Å². The molecule has 4 heteroatoms. The molecular weight excluding hydrogens is 284 g/mol. The SMILES string of the molecule is O=C(NCc1ccccc1)c1cc(Cl)c2ccccc2n1. The molecule has 0 aliphatic heterocycles. The molecule has 21 heavy (non-hydrogen) atoms. The van der Waals surface area contributed by atoms with E-state index in [2.05, 4.69) is 10.3 Å². The summed E-state index contributed by atoms with van der Waals surface area (Å²) >= 11 is 6.20. The normalized spacial score (nSPS) is 10.5. The number of nitrogens with one attached hydrogen (secondary N) is 1.